The molecule has 0 spiro atoms. The molecule has 3 aromatic rings. The van der Waals surface area contributed by atoms with Crippen molar-refractivity contribution in [2.75, 3.05) is 30.8 Å². The van der Waals surface area contributed by atoms with E-state index in [1.807, 2.05) is 12.1 Å². The number of hydrogen-bond donors (Lipinski definition) is 4. The lowest BCUT2D eigenvalue weighted by atomic mass is 9.99. The van der Waals surface area contributed by atoms with Gasteiger partial charge in [-0.15, -0.1) is 0 Å². The van der Waals surface area contributed by atoms with Gasteiger partial charge in [0.15, 0.2) is 0 Å². The summed E-state index contributed by atoms with van der Waals surface area (Å²) in [7, 11) is 1.78. The van der Waals surface area contributed by atoms with Crippen molar-refractivity contribution in [2.45, 2.75) is 18.9 Å². The molecule has 10 heteroatoms. The number of halogens is 2. The molecule has 8 nitrogen and oxygen atoms in total. The summed E-state index contributed by atoms with van der Waals surface area (Å²) >= 11 is 5.95. The molecule has 0 bridgehead atoms. The highest BCUT2D eigenvalue weighted by atomic mass is 35.5. The van der Waals surface area contributed by atoms with E-state index in [-0.39, 0.29) is 17.0 Å². The third kappa shape index (κ3) is 5.46. The van der Waals surface area contributed by atoms with Gasteiger partial charge in [0.2, 0.25) is 5.91 Å². The van der Waals surface area contributed by atoms with Gasteiger partial charge >= 0.3 is 0 Å². The van der Waals surface area contributed by atoms with Gasteiger partial charge in [-0.1, -0.05) is 18.2 Å². The van der Waals surface area contributed by atoms with Gasteiger partial charge in [0.1, 0.15) is 18.0 Å². The summed E-state index contributed by atoms with van der Waals surface area (Å²) in [6.45, 7) is 4.84. The smallest absolute Gasteiger partial charge is 0.245 e. The quantitative estimate of drug-likeness (QED) is 0.253. The Kier molecular flexibility index (Phi) is 7.80. The highest BCUT2D eigenvalue weighted by Gasteiger charge is 2.23. The van der Waals surface area contributed by atoms with E-state index in [4.69, 9.17) is 17.0 Å². The van der Waals surface area contributed by atoms with Gasteiger partial charge in [0, 0.05) is 66.5 Å². The van der Waals surface area contributed by atoms with Gasteiger partial charge in [-0.3, -0.25) is 4.79 Å². The maximum Gasteiger partial charge on any atom is 0.245 e. The number of carbonyl (C=O) groups is 1. The van der Waals surface area contributed by atoms with Crippen LogP contribution in [0.2, 0.25) is 5.02 Å². The van der Waals surface area contributed by atoms with E-state index in [0.717, 1.165) is 29.5 Å². The summed E-state index contributed by atoms with van der Waals surface area (Å²) < 4.78 is 13.6. The van der Waals surface area contributed by atoms with Crippen LogP contribution in [0.4, 0.5) is 21.6 Å². The van der Waals surface area contributed by atoms with Gasteiger partial charge in [-0.25, -0.2) is 14.4 Å². The summed E-state index contributed by atoms with van der Waals surface area (Å²) in [6.07, 6.45) is 7.39. The van der Waals surface area contributed by atoms with E-state index < -0.39 is 5.82 Å². The van der Waals surface area contributed by atoms with Gasteiger partial charge in [-0.2, -0.15) is 0 Å². The zero-order valence-electron chi connectivity index (χ0n) is 19.8. The van der Waals surface area contributed by atoms with E-state index in [2.05, 4.69) is 32.5 Å². The number of carbonyl (C=O) groups excluding carboxylic acids is 1. The molecule has 4 rings (SSSR count). The van der Waals surface area contributed by atoms with Crippen LogP contribution in [0, 0.1) is 11.2 Å². The van der Waals surface area contributed by atoms with E-state index in [0.29, 0.717) is 35.7 Å². The summed E-state index contributed by atoms with van der Waals surface area (Å²) in [5, 5.41) is 18.5. The minimum absolute atomic E-state index is 0.0112. The molecule has 0 unspecified atom stereocenters. The van der Waals surface area contributed by atoms with Gasteiger partial charge in [-0.05, 0) is 49.2 Å². The predicted molar refractivity (Wildman–Crippen MR) is 143 cm³/mol. The average Bonchev–Trinajstić information content (AvgIpc) is 2.89. The largest absolute Gasteiger partial charge is 0.393 e. The summed E-state index contributed by atoms with van der Waals surface area (Å²) in [5.74, 6) is -0.0171. The Morgan fingerprint density at radius 2 is 2.03 bits per heavy atom. The van der Waals surface area contributed by atoms with Crippen molar-refractivity contribution in [2.24, 2.45) is 0 Å². The van der Waals surface area contributed by atoms with Crippen LogP contribution >= 0.6 is 11.6 Å². The zero-order chi connectivity index (χ0) is 25.7. The number of piperidine rings is 1. The molecule has 1 aliphatic rings. The Balaban J connectivity index is 1.71. The standard InChI is InChI=1S/C26H27ClFN7O/c1-3-25(36)35-8-6-17(7-9-35)33-24-12-20-23(11-19(24)16(13-29)14-30-2)31-15-32-26(20)34-18-4-5-22(28)21(27)10-18/h3-5,10-15,17,29-30,33H,1,6-9H2,2H3,(H,31,32,34)/b16-14+,29-13?. The molecule has 1 aliphatic heterocycles. The van der Waals surface area contributed by atoms with E-state index in [1.165, 1.54) is 30.8 Å². The lowest BCUT2D eigenvalue weighted by Crippen LogP contribution is -2.41. The fourth-order valence-electron chi connectivity index (χ4n) is 4.22. The van der Waals surface area contributed by atoms with Crippen molar-refractivity contribution < 1.29 is 9.18 Å². The van der Waals surface area contributed by atoms with E-state index >= 15 is 0 Å². The Bertz CT molecular complexity index is 1340. The summed E-state index contributed by atoms with van der Waals surface area (Å²) in [6, 6.07) is 8.37. The van der Waals surface area contributed by atoms with E-state index in [1.54, 1.807) is 24.2 Å². The first-order chi connectivity index (χ1) is 17.4. The molecule has 0 aliphatic carbocycles. The second-order valence-electron chi connectivity index (χ2n) is 8.37. The predicted octanol–water partition coefficient (Wildman–Crippen LogP) is 4.96. The van der Waals surface area contributed by atoms with Crippen molar-refractivity contribution in [3.05, 3.63) is 71.9 Å². The monoisotopic (exact) mass is 507 g/mol. The highest BCUT2D eigenvalue weighted by molar-refractivity contribution is 6.31. The molecule has 1 fully saturated rings. The fourth-order valence-corrected chi connectivity index (χ4v) is 4.40. The third-order valence-corrected chi connectivity index (χ3v) is 6.35. The zero-order valence-corrected chi connectivity index (χ0v) is 20.6. The van der Waals surface area contributed by atoms with Crippen LogP contribution in [0.15, 0.2) is 55.5 Å². The normalized spacial score (nSPS) is 14.4. The Hall–Kier alpha value is -3.98. The number of aromatic nitrogens is 2. The molecule has 0 atom stereocenters. The number of likely N-dealkylation sites (tertiary alicyclic amines) is 1. The number of hydrogen-bond acceptors (Lipinski definition) is 7. The molecular weight excluding hydrogens is 481 g/mol. The van der Waals surface area contributed by atoms with Crippen LogP contribution in [0.5, 0.6) is 0 Å². The third-order valence-electron chi connectivity index (χ3n) is 6.06. The molecule has 1 aromatic heterocycles. The van der Waals surface area contributed by atoms with Gasteiger partial charge in [0.05, 0.1) is 10.5 Å². The first-order valence-corrected chi connectivity index (χ1v) is 11.9. The minimum atomic E-state index is -0.498. The van der Waals surface area contributed by atoms with Crippen molar-refractivity contribution >= 4 is 57.4 Å². The number of allylic oxidation sites excluding steroid dienone is 1. The van der Waals surface area contributed by atoms with Crippen LogP contribution in [0.1, 0.15) is 18.4 Å². The van der Waals surface area contributed by atoms with Crippen LogP contribution < -0.4 is 16.0 Å². The van der Waals surface area contributed by atoms with Gasteiger partial charge in [0.25, 0.3) is 0 Å². The molecule has 186 valence electrons. The Labute approximate surface area is 213 Å². The molecule has 2 aromatic carbocycles. The van der Waals surface area contributed by atoms with Gasteiger partial charge < -0.3 is 26.3 Å². The molecule has 1 amide bonds. The number of rotatable bonds is 8. The Morgan fingerprint density at radius 1 is 1.25 bits per heavy atom. The first-order valence-electron chi connectivity index (χ1n) is 11.5. The SMILES string of the molecule is C=CC(=O)N1CCC(Nc2cc3c(Nc4ccc(F)c(Cl)c4)ncnc3cc2/C(C=N)=C/NC)CC1. The lowest BCUT2D eigenvalue weighted by molar-refractivity contribution is -0.126. The number of benzene rings is 2. The maximum atomic E-state index is 13.6. The Morgan fingerprint density at radius 3 is 2.69 bits per heavy atom. The number of anilines is 3. The molecule has 36 heavy (non-hydrogen) atoms. The van der Waals surface area contributed by atoms with Crippen molar-refractivity contribution in [3.8, 4) is 0 Å². The summed E-state index contributed by atoms with van der Waals surface area (Å²) in [5.41, 5.74) is 3.58. The molecule has 0 saturated carbocycles. The van der Waals surface area contributed by atoms with Crippen molar-refractivity contribution in [1.29, 1.82) is 5.41 Å². The maximum absolute atomic E-state index is 13.6. The first kappa shape index (κ1) is 25.1. The highest BCUT2D eigenvalue weighted by Crippen LogP contribution is 2.33. The number of amides is 1. The molecular formula is C26H27ClFN7O. The number of nitrogens with one attached hydrogen (secondary N) is 4. The second-order valence-corrected chi connectivity index (χ2v) is 8.78. The summed E-state index contributed by atoms with van der Waals surface area (Å²) in [4.78, 5) is 22.6. The molecule has 0 radical (unpaired) electrons. The second kappa shape index (κ2) is 11.2. The van der Waals surface area contributed by atoms with Crippen LogP contribution in [-0.4, -0.2) is 53.2 Å². The lowest BCUT2D eigenvalue weighted by Gasteiger charge is -2.33. The fraction of sp³-hybridized carbons (Fsp3) is 0.231. The number of fused-ring (bicyclic) bond motifs is 1. The molecule has 4 N–H and O–H groups in total. The van der Waals surface area contributed by atoms with Crippen LogP contribution in [0.25, 0.3) is 16.5 Å². The van der Waals surface area contributed by atoms with Crippen molar-refractivity contribution in [1.82, 2.24) is 20.2 Å². The van der Waals surface area contributed by atoms with Crippen LogP contribution in [-0.2, 0) is 4.79 Å². The average molecular weight is 508 g/mol. The minimum Gasteiger partial charge on any atom is -0.393 e. The van der Waals surface area contributed by atoms with E-state index in [9.17, 15) is 9.18 Å². The van der Waals surface area contributed by atoms with Crippen LogP contribution in [0.3, 0.4) is 0 Å². The molecule has 2 heterocycles. The topological polar surface area (TPSA) is 106 Å². The molecule has 1 saturated heterocycles. The number of nitrogens with zero attached hydrogens (tertiary/aromatic N) is 3. The van der Waals surface area contributed by atoms with Crippen molar-refractivity contribution in [3.63, 3.8) is 0 Å².